The lowest BCUT2D eigenvalue weighted by Gasteiger charge is -2.15. The Hall–Kier alpha value is -1.16. The first-order chi connectivity index (χ1) is 8.31. The SMILES string of the molecule is Fc1cc(NCC2CCN(C3CC3)C2)ccn1. The first-order valence-electron chi connectivity index (χ1n) is 6.41. The summed E-state index contributed by atoms with van der Waals surface area (Å²) in [6.45, 7) is 3.37. The Morgan fingerprint density at radius 1 is 1.41 bits per heavy atom. The summed E-state index contributed by atoms with van der Waals surface area (Å²) in [5.41, 5.74) is 0.836. The van der Waals surface area contributed by atoms with Gasteiger partial charge in [0.05, 0.1) is 0 Å². The Morgan fingerprint density at radius 3 is 3.06 bits per heavy atom. The highest BCUT2D eigenvalue weighted by Crippen LogP contribution is 2.31. The Labute approximate surface area is 101 Å². The van der Waals surface area contributed by atoms with E-state index in [1.165, 1.54) is 44.6 Å². The van der Waals surface area contributed by atoms with E-state index in [1.807, 2.05) is 6.07 Å². The molecule has 1 N–H and O–H groups in total. The predicted molar refractivity (Wildman–Crippen MR) is 65.4 cm³/mol. The minimum Gasteiger partial charge on any atom is -0.385 e. The number of rotatable bonds is 4. The zero-order valence-corrected chi connectivity index (χ0v) is 9.90. The van der Waals surface area contributed by atoms with Gasteiger partial charge >= 0.3 is 0 Å². The van der Waals surface area contributed by atoms with Crippen LogP contribution in [0.4, 0.5) is 10.1 Å². The highest BCUT2D eigenvalue weighted by atomic mass is 19.1. The standard InChI is InChI=1S/C13H18FN3/c14-13-7-11(3-5-15-13)16-8-10-4-6-17(9-10)12-1-2-12/h3,5,7,10,12H,1-2,4,6,8-9H2,(H,15,16). The lowest BCUT2D eigenvalue weighted by molar-refractivity contribution is 0.316. The van der Waals surface area contributed by atoms with Gasteiger partial charge in [-0.2, -0.15) is 4.39 Å². The maximum atomic E-state index is 12.9. The quantitative estimate of drug-likeness (QED) is 0.810. The summed E-state index contributed by atoms with van der Waals surface area (Å²) in [7, 11) is 0. The van der Waals surface area contributed by atoms with Crippen molar-refractivity contribution in [2.24, 2.45) is 5.92 Å². The van der Waals surface area contributed by atoms with Crippen molar-refractivity contribution in [3.05, 3.63) is 24.3 Å². The number of aromatic nitrogens is 1. The molecule has 0 bridgehead atoms. The molecular weight excluding hydrogens is 217 g/mol. The number of pyridine rings is 1. The molecule has 3 nitrogen and oxygen atoms in total. The van der Waals surface area contributed by atoms with Crippen LogP contribution in [0.3, 0.4) is 0 Å². The Bertz CT molecular complexity index is 392. The molecule has 1 aromatic heterocycles. The van der Waals surface area contributed by atoms with Crippen molar-refractivity contribution in [1.82, 2.24) is 9.88 Å². The van der Waals surface area contributed by atoms with Gasteiger partial charge in [0, 0.05) is 37.1 Å². The zero-order chi connectivity index (χ0) is 11.7. The summed E-state index contributed by atoms with van der Waals surface area (Å²) in [4.78, 5) is 6.14. The molecule has 0 radical (unpaired) electrons. The average Bonchev–Trinajstić information content (AvgIpc) is 3.07. The zero-order valence-electron chi connectivity index (χ0n) is 9.90. The molecule has 3 rings (SSSR count). The Kier molecular flexibility index (Phi) is 2.97. The molecule has 92 valence electrons. The maximum Gasteiger partial charge on any atom is 0.214 e. The first-order valence-corrected chi connectivity index (χ1v) is 6.41. The van der Waals surface area contributed by atoms with Gasteiger partial charge in [0.15, 0.2) is 0 Å². The van der Waals surface area contributed by atoms with Gasteiger partial charge in [-0.25, -0.2) is 4.98 Å². The maximum absolute atomic E-state index is 12.9. The fraction of sp³-hybridized carbons (Fsp3) is 0.615. The van der Waals surface area contributed by atoms with Gasteiger partial charge in [0.1, 0.15) is 0 Å². The highest BCUT2D eigenvalue weighted by Gasteiger charge is 2.34. The average molecular weight is 235 g/mol. The molecule has 1 aromatic rings. The second-order valence-corrected chi connectivity index (χ2v) is 5.13. The number of halogens is 1. The van der Waals surface area contributed by atoms with Crippen LogP contribution in [0, 0.1) is 11.9 Å². The van der Waals surface area contributed by atoms with E-state index in [9.17, 15) is 4.39 Å². The molecular formula is C13H18FN3. The van der Waals surface area contributed by atoms with E-state index >= 15 is 0 Å². The van der Waals surface area contributed by atoms with Crippen LogP contribution in [-0.2, 0) is 0 Å². The molecule has 2 aliphatic rings. The number of hydrogen-bond donors (Lipinski definition) is 1. The number of nitrogens with zero attached hydrogens (tertiary/aromatic N) is 2. The molecule has 1 aliphatic heterocycles. The van der Waals surface area contributed by atoms with Gasteiger partial charge in [-0.05, 0) is 37.8 Å². The van der Waals surface area contributed by atoms with E-state index in [2.05, 4.69) is 15.2 Å². The molecule has 17 heavy (non-hydrogen) atoms. The predicted octanol–water partition coefficient (Wildman–Crippen LogP) is 2.12. The van der Waals surface area contributed by atoms with Gasteiger partial charge in [-0.3, -0.25) is 0 Å². The lowest BCUT2D eigenvalue weighted by atomic mass is 10.1. The van der Waals surface area contributed by atoms with Crippen LogP contribution >= 0.6 is 0 Å². The molecule has 1 saturated heterocycles. The van der Waals surface area contributed by atoms with Crippen LogP contribution < -0.4 is 5.32 Å². The van der Waals surface area contributed by atoms with Crippen molar-refractivity contribution in [2.45, 2.75) is 25.3 Å². The second kappa shape index (κ2) is 4.61. The van der Waals surface area contributed by atoms with Crippen LogP contribution in [0.1, 0.15) is 19.3 Å². The van der Waals surface area contributed by atoms with Crippen molar-refractivity contribution >= 4 is 5.69 Å². The molecule has 2 fully saturated rings. The third kappa shape index (κ3) is 2.75. The van der Waals surface area contributed by atoms with E-state index < -0.39 is 5.95 Å². The smallest absolute Gasteiger partial charge is 0.214 e. The molecule has 2 heterocycles. The van der Waals surface area contributed by atoms with E-state index in [4.69, 9.17) is 0 Å². The van der Waals surface area contributed by atoms with E-state index in [1.54, 1.807) is 0 Å². The second-order valence-electron chi connectivity index (χ2n) is 5.13. The van der Waals surface area contributed by atoms with E-state index in [0.717, 1.165) is 18.3 Å². The normalized spacial score (nSPS) is 25.1. The minimum atomic E-state index is -0.416. The Morgan fingerprint density at radius 2 is 2.29 bits per heavy atom. The van der Waals surface area contributed by atoms with Crippen LogP contribution in [0.25, 0.3) is 0 Å². The van der Waals surface area contributed by atoms with Crippen LogP contribution in [0.2, 0.25) is 0 Å². The van der Waals surface area contributed by atoms with Crippen molar-refractivity contribution in [1.29, 1.82) is 0 Å². The first kappa shape index (κ1) is 11.0. The third-order valence-corrected chi connectivity index (χ3v) is 3.70. The fourth-order valence-electron chi connectivity index (χ4n) is 2.58. The van der Waals surface area contributed by atoms with Crippen molar-refractivity contribution < 1.29 is 4.39 Å². The van der Waals surface area contributed by atoms with Crippen molar-refractivity contribution in [3.8, 4) is 0 Å². The van der Waals surface area contributed by atoms with E-state index in [-0.39, 0.29) is 0 Å². The Balaban J connectivity index is 1.48. The van der Waals surface area contributed by atoms with Crippen LogP contribution in [0.15, 0.2) is 18.3 Å². The number of anilines is 1. The largest absolute Gasteiger partial charge is 0.385 e. The molecule has 4 heteroatoms. The van der Waals surface area contributed by atoms with Gasteiger partial charge in [0.2, 0.25) is 5.95 Å². The highest BCUT2D eigenvalue weighted by molar-refractivity contribution is 5.41. The van der Waals surface area contributed by atoms with Crippen LogP contribution in [0.5, 0.6) is 0 Å². The number of likely N-dealkylation sites (tertiary alicyclic amines) is 1. The lowest BCUT2D eigenvalue weighted by Crippen LogP contribution is -2.24. The summed E-state index contributed by atoms with van der Waals surface area (Å²) in [6.07, 6.45) is 5.53. The molecule has 1 aliphatic carbocycles. The summed E-state index contributed by atoms with van der Waals surface area (Å²) in [5.74, 6) is 0.285. The fourth-order valence-corrected chi connectivity index (χ4v) is 2.58. The summed E-state index contributed by atoms with van der Waals surface area (Å²) >= 11 is 0. The number of hydrogen-bond acceptors (Lipinski definition) is 3. The van der Waals surface area contributed by atoms with Gasteiger partial charge in [0.25, 0.3) is 0 Å². The topological polar surface area (TPSA) is 28.2 Å². The van der Waals surface area contributed by atoms with E-state index in [0.29, 0.717) is 5.92 Å². The molecule has 0 spiro atoms. The van der Waals surface area contributed by atoms with Gasteiger partial charge in [-0.1, -0.05) is 0 Å². The van der Waals surface area contributed by atoms with Gasteiger partial charge in [-0.15, -0.1) is 0 Å². The minimum absolute atomic E-state index is 0.416. The molecule has 1 atom stereocenters. The molecule has 0 aromatic carbocycles. The summed E-state index contributed by atoms with van der Waals surface area (Å²) in [6, 6.07) is 4.14. The van der Waals surface area contributed by atoms with Crippen LogP contribution in [-0.4, -0.2) is 35.6 Å². The monoisotopic (exact) mass is 235 g/mol. The summed E-state index contributed by atoms with van der Waals surface area (Å²) < 4.78 is 12.9. The van der Waals surface area contributed by atoms with Crippen molar-refractivity contribution in [2.75, 3.05) is 25.0 Å². The third-order valence-electron chi connectivity index (χ3n) is 3.70. The number of nitrogens with one attached hydrogen (secondary N) is 1. The molecule has 1 saturated carbocycles. The molecule has 0 amide bonds. The van der Waals surface area contributed by atoms with Crippen molar-refractivity contribution in [3.63, 3.8) is 0 Å². The van der Waals surface area contributed by atoms with Gasteiger partial charge < -0.3 is 10.2 Å². The summed E-state index contributed by atoms with van der Waals surface area (Å²) in [5, 5.41) is 3.30. The molecule has 1 unspecified atom stereocenters.